The highest BCUT2D eigenvalue weighted by Gasteiger charge is 2.33. The van der Waals surface area contributed by atoms with Gasteiger partial charge in [0.1, 0.15) is 0 Å². The second-order valence-corrected chi connectivity index (χ2v) is 8.96. The summed E-state index contributed by atoms with van der Waals surface area (Å²) in [6.07, 6.45) is 2.79. The topological polar surface area (TPSA) is 74.5 Å². The number of rotatable bonds is 3. The highest BCUT2D eigenvalue weighted by molar-refractivity contribution is 5.74. The van der Waals surface area contributed by atoms with Crippen molar-refractivity contribution >= 4 is 6.03 Å². The van der Waals surface area contributed by atoms with Gasteiger partial charge in [-0.25, -0.2) is 4.79 Å². The average molecular weight is 364 g/mol. The van der Waals surface area contributed by atoms with Crippen molar-refractivity contribution in [3.63, 3.8) is 0 Å². The van der Waals surface area contributed by atoms with E-state index in [0.717, 1.165) is 57.2 Å². The summed E-state index contributed by atoms with van der Waals surface area (Å²) in [7, 11) is 0. The quantitative estimate of drug-likeness (QED) is 0.894. The molecule has 26 heavy (non-hydrogen) atoms. The molecule has 2 amide bonds. The normalized spacial score (nSPS) is 23.0. The minimum Gasteiger partial charge on any atom is -0.339 e. The zero-order valence-electron chi connectivity index (χ0n) is 16.8. The molecule has 0 aromatic carbocycles. The third-order valence-electron chi connectivity index (χ3n) is 5.57. The number of aromatic nitrogens is 2. The monoisotopic (exact) mass is 363 g/mol. The molecule has 1 unspecified atom stereocenters. The van der Waals surface area contributed by atoms with Gasteiger partial charge in [-0.2, -0.15) is 4.98 Å². The summed E-state index contributed by atoms with van der Waals surface area (Å²) in [6, 6.07) is 0.321. The van der Waals surface area contributed by atoms with Crippen LogP contribution in [0.4, 0.5) is 4.79 Å². The van der Waals surface area contributed by atoms with Crippen molar-refractivity contribution in [3.8, 4) is 0 Å². The van der Waals surface area contributed by atoms with Crippen molar-refractivity contribution in [3.05, 3.63) is 11.7 Å². The smallest absolute Gasteiger partial charge is 0.317 e. The molecule has 0 saturated carbocycles. The number of hydrogen-bond acceptors (Lipinski definition) is 5. The Hall–Kier alpha value is -1.63. The van der Waals surface area contributed by atoms with Gasteiger partial charge in [-0.3, -0.25) is 4.90 Å². The number of amides is 2. The lowest BCUT2D eigenvalue weighted by Gasteiger charge is -2.33. The Morgan fingerprint density at radius 3 is 2.42 bits per heavy atom. The molecule has 2 saturated heterocycles. The van der Waals surface area contributed by atoms with Crippen LogP contribution in [0.25, 0.3) is 0 Å². The van der Waals surface area contributed by atoms with Gasteiger partial charge < -0.3 is 14.7 Å². The largest absolute Gasteiger partial charge is 0.339 e. The van der Waals surface area contributed by atoms with E-state index in [-0.39, 0.29) is 29.4 Å². The van der Waals surface area contributed by atoms with E-state index in [4.69, 9.17) is 4.52 Å². The fraction of sp³-hybridized carbons (Fsp3) is 0.842. The molecule has 0 spiro atoms. The maximum Gasteiger partial charge on any atom is 0.317 e. The maximum atomic E-state index is 12.6. The van der Waals surface area contributed by atoms with Crippen molar-refractivity contribution in [2.75, 3.05) is 26.2 Å². The molecule has 2 fully saturated rings. The van der Waals surface area contributed by atoms with Crippen molar-refractivity contribution in [2.24, 2.45) is 0 Å². The van der Waals surface area contributed by atoms with Crippen LogP contribution >= 0.6 is 0 Å². The molecule has 0 aliphatic carbocycles. The minimum atomic E-state index is 0.0672. The Morgan fingerprint density at radius 2 is 1.88 bits per heavy atom. The molecule has 1 atom stereocenters. The number of nitrogens with one attached hydrogen (secondary N) is 1. The Labute approximate surface area is 156 Å². The van der Waals surface area contributed by atoms with E-state index in [1.165, 1.54) is 0 Å². The first-order valence-electron chi connectivity index (χ1n) is 9.88. The molecule has 1 aromatic heterocycles. The third kappa shape index (κ3) is 4.37. The highest BCUT2D eigenvalue weighted by Crippen LogP contribution is 2.28. The van der Waals surface area contributed by atoms with Gasteiger partial charge in [0.15, 0.2) is 5.82 Å². The molecule has 7 nitrogen and oxygen atoms in total. The van der Waals surface area contributed by atoms with Gasteiger partial charge in [0.25, 0.3) is 0 Å². The second kappa shape index (κ2) is 7.55. The first-order valence-corrected chi connectivity index (χ1v) is 9.88. The molecule has 0 radical (unpaired) electrons. The zero-order chi connectivity index (χ0) is 18.9. The molecular formula is C19H33N5O2. The summed E-state index contributed by atoms with van der Waals surface area (Å²) in [5.74, 6) is 2.04. The van der Waals surface area contributed by atoms with E-state index in [0.29, 0.717) is 0 Å². The fourth-order valence-electron chi connectivity index (χ4n) is 3.73. The minimum absolute atomic E-state index is 0.0672. The number of carbonyl (C=O) groups excluding carboxylic acids is 1. The molecule has 3 heterocycles. The van der Waals surface area contributed by atoms with Gasteiger partial charge in [-0.15, -0.1) is 0 Å². The van der Waals surface area contributed by atoms with Gasteiger partial charge >= 0.3 is 6.03 Å². The first-order chi connectivity index (χ1) is 12.2. The van der Waals surface area contributed by atoms with Crippen molar-refractivity contribution in [2.45, 2.75) is 77.3 Å². The standard InChI is InChI=1S/C19H33N5O2/c1-13(2)16-21-17(26-22-16)14-6-9-23(10-7-14)18(25)20-15-8-11-24(12-15)19(3,4)5/h13-15H,6-12H2,1-5H3,(H,20,25). The molecule has 1 aromatic rings. The summed E-state index contributed by atoms with van der Waals surface area (Å²) in [5.41, 5.74) is 0.163. The second-order valence-electron chi connectivity index (χ2n) is 8.96. The van der Waals surface area contributed by atoms with Gasteiger partial charge in [0.2, 0.25) is 5.89 Å². The maximum absolute atomic E-state index is 12.6. The molecule has 3 rings (SSSR count). The highest BCUT2D eigenvalue weighted by atomic mass is 16.5. The lowest BCUT2D eigenvalue weighted by molar-refractivity contribution is 0.161. The van der Waals surface area contributed by atoms with Gasteiger partial charge in [-0.1, -0.05) is 19.0 Å². The van der Waals surface area contributed by atoms with E-state index in [9.17, 15) is 4.79 Å². The molecule has 146 valence electrons. The summed E-state index contributed by atoms with van der Waals surface area (Å²) in [5, 5.41) is 7.27. The summed E-state index contributed by atoms with van der Waals surface area (Å²) < 4.78 is 5.43. The van der Waals surface area contributed by atoms with Crippen molar-refractivity contribution in [1.29, 1.82) is 0 Å². The molecule has 2 aliphatic heterocycles. The van der Waals surface area contributed by atoms with Crippen LogP contribution in [-0.2, 0) is 0 Å². The van der Waals surface area contributed by atoms with E-state index in [1.54, 1.807) is 0 Å². The fourth-order valence-corrected chi connectivity index (χ4v) is 3.73. The molecular weight excluding hydrogens is 330 g/mol. The summed E-state index contributed by atoms with van der Waals surface area (Å²) in [6.45, 7) is 14.3. The van der Waals surface area contributed by atoms with Crippen LogP contribution in [0.15, 0.2) is 4.52 Å². The molecule has 2 aliphatic rings. The SMILES string of the molecule is CC(C)c1noc(C2CCN(C(=O)NC3CCN(C(C)(C)C)C3)CC2)n1. The predicted octanol–water partition coefficient (Wildman–Crippen LogP) is 2.95. The number of likely N-dealkylation sites (tertiary alicyclic amines) is 2. The number of piperidine rings is 1. The third-order valence-corrected chi connectivity index (χ3v) is 5.57. The summed E-state index contributed by atoms with van der Waals surface area (Å²) in [4.78, 5) is 21.5. The summed E-state index contributed by atoms with van der Waals surface area (Å²) >= 11 is 0. The van der Waals surface area contributed by atoms with Gasteiger partial charge in [0, 0.05) is 49.6 Å². The van der Waals surface area contributed by atoms with Gasteiger partial charge in [-0.05, 0) is 40.0 Å². The van der Waals surface area contributed by atoms with Crippen molar-refractivity contribution < 1.29 is 9.32 Å². The van der Waals surface area contributed by atoms with Crippen LogP contribution in [-0.4, -0.2) is 63.7 Å². The van der Waals surface area contributed by atoms with Crippen LogP contribution in [0.1, 0.15) is 77.4 Å². The number of urea groups is 1. The van der Waals surface area contributed by atoms with E-state index in [2.05, 4.69) is 55.0 Å². The predicted molar refractivity (Wildman–Crippen MR) is 100 cm³/mol. The number of nitrogens with zero attached hydrogens (tertiary/aromatic N) is 4. The van der Waals surface area contributed by atoms with Crippen LogP contribution in [0.2, 0.25) is 0 Å². The number of hydrogen-bond donors (Lipinski definition) is 1. The van der Waals surface area contributed by atoms with Gasteiger partial charge in [0.05, 0.1) is 0 Å². The molecule has 1 N–H and O–H groups in total. The Morgan fingerprint density at radius 1 is 1.19 bits per heavy atom. The Bertz CT molecular complexity index is 614. The van der Waals surface area contributed by atoms with Crippen molar-refractivity contribution in [1.82, 2.24) is 25.3 Å². The Kier molecular flexibility index (Phi) is 5.55. The van der Waals surface area contributed by atoms with Crippen LogP contribution in [0, 0.1) is 0 Å². The average Bonchev–Trinajstić information content (AvgIpc) is 3.24. The lowest BCUT2D eigenvalue weighted by Crippen LogP contribution is -2.49. The number of carbonyl (C=O) groups is 1. The van der Waals surface area contributed by atoms with Crippen LogP contribution < -0.4 is 5.32 Å². The van der Waals surface area contributed by atoms with E-state index in [1.807, 2.05) is 4.90 Å². The zero-order valence-corrected chi connectivity index (χ0v) is 16.8. The van der Waals surface area contributed by atoms with Crippen LogP contribution in [0.5, 0.6) is 0 Å². The first kappa shape index (κ1) is 19.1. The van der Waals surface area contributed by atoms with E-state index < -0.39 is 0 Å². The van der Waals surface area contributed by atoms with Crippen LogP contribution in [0.3, 0.4) is 0 Å². The lowest BCUT2D eigenvalue weighted by atomic mass is 9.97. The Balaban J connectivity index is 1.46. The molecule has 0 bridgehead atoms. The molecule has 7 heteroatoms. The van der Waals surface area contributed by atoms with E-state index >= 15 is 0 Å².